The van der Waals surface area contributed by atoms with Crippen molar-refractivity contribution in [3.05, 3.63) is 29.8 Å². The van der Waals surface area contributed by atoms with Crippen LogP contribution >= 0.6 is 0 Å². The highest BCUT2D eigenvalue weighted by molar-refractivity contribution is 5.74. The van der Waals surface area contributed by atoms with Gasteiger partial charge in [0, 0.05) is 51.9 Å². The number of carbonyl (C=O) groups is 1. The van der Waals surface area contributed by atoms with Gasteiger partial charge in [-0.1, -0.05) is 12.1 Å². The van der Waals surface area contributed by atoms with Crippen LogP contribution in [0, 0.1) is 5.92 Å². The molecule has 116 valence electrons. The highest BCUT2D eigenvalue weighted by Crippen LogP contribution is 2.15. The summed E-state index contributed by atoms with van der Waals surface area (Å²) in [4.78, 5) is 15.8. The molecule has 1 saturated heterocycles. The summed E-state index contributed by atoms with van der Waals surface area (Å²) in [5.41, 5.74) is 2.39. The van der Waals surface area contributed by atoms with E-state index in [-0.39, 0.29) is 18.6 Å². The van der Waals surface area contributed by atoms with Gasteiger partial charge in [0.25, 0.3) is 0 Å². The van der Waals surface area contributed by atoms with E-state index >= 15 is 0 Å². The van der Waals surface area contributed by atoms with E-state index in [4.69, 9.17) is 5.11 Å². The molecule has 0 bridgehead atoms. The van der Waals surface area contributed by atoms with Crippen molar-refractivity contribution >= 4 is 11.7 Å². The predicted molar refractivity (Wildman–Crippen MR) is 84.6 cm³/mol. The van der Waals surface area contributed by atoms with Gasteiger partial charge in [0.2, 0.25) is 0 Å². The van der Waals surface area contributed by atoms with Crippen LogP contribution in [0.2, 0.25) is 0 Å². The topological polar surface area (TPSA) is 55.8 Å². The minimum Gasteiger partial charge on any atom is -0.396 e. The van der Waals surface area contributed by atoms with Crippen LogP contribution in [0.4, 0.5) is 10.5 Å². The van der Waals surface area contributed by atoms with E-state index in [0.717, 1.165) is 19.4 Å². The molecule has 21 heavy (non-hydrogen) atoms. The molecule has 0 aliphatic carbocycles. The molecule has 2 rings (SSSR count). The van der Waals surface area contributed by atoms with Crippen LogP contribution in [0.5, 0.6) is 0 Å². The van der Waals surface area contributed by atoms with Crippen molar-refractivity contribution in [1.82, 2.24) is 10.2 Å². The number of amides is 2. The molecule has 2 N–H and O–H groups in total. The first kappa shape index (κ1) is 15.6. The zero-order valence-corrected chi connectivity index (χ0v) is 12.9. The van der Waals surface area contributed by atoms with E-state index in [1.165, 1.54) is 11.3 Å². The Morgan fingerprint density at radius 1 is 1.38 bits per heavy atom. The first-order valence-corrected chi connectivity index (χ1v) is 7.50. The molecule has 0 spiro atoms. The zero-order valence-electron chi connectivity index (χ0n) is 12.9. The molecule has 0 aromatic heterocycles. The molecule has 1 unspecified atom stereocenters. The van der Waals surface area contributed by atoms with E-state index in [9.17, 15) is 4.79 Å². The summed E-state index contributed by atoms with van der Waals surface area (Å²) in [5.74, 6) is 0.245. The van der Waals surface area contributed by atoms with Crippen molar-refractivity contribution in [3.63, 3.8) is 0 Å². The van der Waals surface area contributed by atoms with Crippen molar-refractivity contribution in [1.29, 1.82) is 0 Å². The van der Waals surface area contributed by atoms with Gasteiger partial charge in [-0.2, -0.15) is 0 Å². The Morgan fingerprint density at radius 2 is 2.10 bits per heavy atom. The number of urea groups is 1. The van der Waals surface area contributed by atoms with Gasteiger partial charge in [-0.25, -0.2) is 4.79 Å². The molecule has 2 amide bonds. The normalized spacial score (nSPS) is 17.9. The zero-order chi connectivity index (χ0) is 15.2. The Kier molecular flexibility index (Phi) is 5.44. The standard InChI is InChI=1S/C16H25N3O2/c1-18(2)15-5-3-13(4-6-15)7-9-17-16(21)19-10-8-14(11-19)12-20/h3-6,14,20H,7-12H2,1-2H3,(H,17,21). The number of nitrogens with zero attached hydrogens (tertiary/aromatic N) is 2. The summed E-state index contributed by atoms with van der Waals surface area (Å²) in [6, 6.07) is 8.35. The number of hydrogen-bond donors (Lipinski definition) is 2. The largest absolute Gasteiger partial charge is 0.396 e. The molecular weight excluding hydrogens is 266 g/mol. The second kappa shape index (κ2) is 7.31. The summed E-state index contributed by atoms with van der Waals surface area (Å²) in [6.07, 6.45) is 1.73. The monoisotopic (exact) mass is 291 g/mol. The molecule has 1 fully saturated rings. The smallest absolute Gasteiger partial charge is 0.317 e. The first-order chi connectivity index (χ1) is 10.1. The van der Waals surface area contributed by atoms with Gasteiger partial charge in [-0.05, 0) is 30.5 Å². The summed E-state index contributed by atoms with van der Waals surface area (Å²) >= 11 is 0. The van der Waals surface area contributed by atoms with E-state index in [2.05, 4.69) is 34.5 Å². The molecule has 1 aromatic carbocycles. The number of rotatable bonds is 5. The van der Waals surface area contributed by atoms with Gasteiger partial charge in [-0.3, -0.25) is 0 Å². The second-order valence-electron chi connectivity index (χ2n) is 5.83. The van der Waals surface area contributed by atoms with Crippen molar-refractivity contribution in [2.75, 3.05) is 45.2 Å². The summed E-state index contributed by atoms with van der Waals surface area (Å²) in [6.45, 7) is 2.22. The van der Waals surface area contributed by atoms with Gasteiger partial charge >= 0.3 is 6.03 Å². The molecule has 5 nitrogen and oxygen atoms in total. The summed E-state index contributed by atoms with van der Waals surface area (Å²) in [5, 5.41) is 12.0. The van der Waals surface area contributed by atoms with Gasteiger partial charge in [0.15, 0.2) is 0 Å². The third-order valence-electron chi connectivity index (χ3n) is 3.97. The van der Waals surface area contributed by atoms with Crippen LogP contribution in [0.1, 0.15) is 12.0 Å². The molecule has 1 heterocycles. The number of benzene rings is 1. The Morgan fingerprint density at radius 3 is 2.67 bits per heavy atom. The Hall–Kier alpha value is -1.75. The van der Waals surface area contributed by atoms with E-state index < -0.39 is 0 Å². The molecule has 0 radical (unpaired) electrons. The maximum atomic E-state index is 12.0. The molecule has 1 aromatic rings. The van der Waals surface area contributed by atoms with Crippen LogP contribution in [0.3, 0.4) is 0 Å². The Balaban J connectivity index is 1.72. The van der Waals surface area contributed by atoms with Crippen LogP contribution in [-0.2, 0) is 6.42 Å². The molecule has 0 saturated carbocycles. The molecule has 1 aliphatic heterocycles. The highest BCUT2D eigenvalue weighted by atomic mass is 16.3. The number of likely N-dealkylation sites (tertiary alicyclic amines) is 1. The minimum atomic E-state index is -0.0177. The molecule has 1 aliphatic rings. The number of aliphatic hydroxyl groups is 1. The fraction of sp³-hybridized carbons (Fsp3) is 0.562. The lowest BCUT2D eigenvalue weighted by atomic mass is 10.1. The summed E-state index contributed by atoms with van der Waals surface area (Å²) in [7, 11) is 4.04. The number of nitrogens with one attached hydrogen (secondary N) is 1. The first-order valence-electron chi connectivity index (χ1n) is 7.50. The number of hydrogen-bond acceptors (Lipinski definition) is 3. The molecule has 5 heteroatoms. The van der Waals surface area contributed by atoms with E-state index in [1.54, 1.807) is 4.90 Å². The van der Waals surface area contributed by atoms with E-state index in [1.807, 2.05) is 14.1 Å². The highest BCUT2D eigenvalue weighted by Gasteiger charge is 2.25. The van der Waals surface area contributed by atoms with Crippen LogP contribution in [0.25, 0.3) is 0 Å². The third kappa shape index (κ3) is 4.36. The molecule has 1 atom stereocenters. The van der Waals surface area contributed by atoms with Gasteiger partial charge < -0.3 is 20.2 Å². The van der Waals surface area contributed by atoms with Crippen LogP contribution in [-0.4, -0.2) is 56.4 Å². The van der Waals surface area contributed by atoms with Crippen molar-refractivity contribution < 1.29 is 9.90 Å². The van der Waals surface area contributed by atoms with Crippen LogP contribution < -0.4 is 10.2 Å². The number of aliphatic hydroxyl groups excluding tert-OH is 1. The SMILES string of the molecule is CN(C)c1ccc(CCNC(=O)N2CCC(CO)C2)cc1. The van der Waals surface area contributed by atoms with Crippen molar-refractivity contribution in [3.8, 4) is 0 Å². The number of anilines is 1. The summed E-state index contributed by atoms with van der Waals surface area (Å²) < 4.78 is 0. The van der Waals surface area contributed by atoms with E-state index in [0.29, 0.717) is 13.1 Å². The quantitative estimate of drug-likeness (QED) is 0.860. The van der Waals surface area contributed by atoms with Crippen molar-refractivity contribution in [2.24, 2.45) is 5.92 Å². The lowest BCUT2D eigenvalue weighted by Gasteiger charge is -2.17. The number of carbonyl (C=O) groups excluding carboxylic acids is 1. The second-order valence-corrected chi connectivity index (χ2v) is 5.83. The Labute approximate surface area is 126 Å². The maximum absolute atomic E-state index is 12.0. The average Bonchev–Trinajstić information content (AvgIpc) is 2.96. The van der Waals surface area contributed by atoms with Crippen LogP contribution in [0.15, 0.2) is 24.3 Å². The average molecular weight is 291 g/mol. The van der Waals surface area contributed by atoms with Gasteiger partial charge in [0.05, 0.1) is 0 Å². The fourth-order valence-corrected chi connectivity index (χ4v) is 2.55. The minimum absolute atomic E-state index is 0.0177. The lowest BCUT2D eigenvalue weighted by Crippen LogP contribution is -2.39. The van der Waals surface area contributed by atoms with Gasteiger partial charge in [0.1, 0.15) is 0 Å². The third-order valence-corrected chi connectivity index (χ3v) is 3.97. The molecular formula is C16H25N3O2. The predicted octanol–water partition coefficient (Wildman–Crippen LogP) is 1.32. The maximum Gasteiger partial charge on any atom is 0.317 e. The fourth-order valence-electron chi connectivity index (χ4n) is 2.55. The Bertz CT molecular complexity index is 459. The van der Waals surface area contributed by atoms with Gasteiger partial charge in [-0.15, -0.1) is 0 Å². The lowest BCUT2D eigenvalue weighted by molar-refractivity contribution is 0.198. The van der Waals surface area contributed by atoms with Crippen molar-refractivity contribution in [2.45, 2.75) is 12.8 Å².